The maximum atomic E-state index is 12.1. The van der Waals surface area contributed by atoms with E-state index >= 15 is 0 Å². The van der Waals surface area contributed by atoms with Crippen LogP contribution in [0.5, 0.6) is 0 Å². The van der Waals surface area contributed by atoms with Crippen molar-refractivity contribution in [1.29, 1.82) is 0 Å². The van der Waals surface area contributed by atoms with E-state index in [1.807, 2.05) is 30.3 Å². The second kappa shape index (κ2) is 9.24. The third-order valence-corrected chi connectivity index (χ3v) is 4.29. The number of thioether (sulfide) groups is 1. The monoisotopic (exact) mass is 348 g/mol. The lowest BCUT2D eigenvalue weighted by atomic mass is 10.2. The minimum absolute atomic E-state index is 0.214. The Morgan fingerprint density at radius 2 is 2.04 bits per heavy atom. The van der Waals surface area contributed by atoms with Gasteiger partial charge >= 0.3 is 0 Å². The molecule has 128 valence electrons. The molecule has 0 radical (unpaired) electrons. The predicted octanol–water partition coefficient (Wildman–Crippen LogP) is 3.00. The molecule has 0 saturated carbocycles. The number of carbonyl (C=O) groups is 3. The molecule has 1 fully saturated rings. The van der Waals surface area contributed by atoms with Crippen LogP contribution in [-0.2, 0) is 21.0 Å². The molecule has 0 unspecified atom stereocenters. The van der Waals surface area contributed by atoms with Crippen LogP contribution in [0.2, 0.25) is 0 Å². The zero-order valence-corrected chi connectivity index (χ0v) is 14.3. The summed E-state index contributed by atoms with van der Waals surface area (Å²) in [4.78, 5) is 42.3. The van der Waals surface area contributed by atoms with Crippen LogP contribution >= 0.6 is 11.8 Å². The van der Waals surface area contributed by atoms with Gasteiger partial charge in [-0.1, -0.05) is 56.2 Å². The van der Waals surface area contributed by atoms with Crippen molar-refractivity contribution in [1.82, 2.24) is 10.4 Å². The number of amides is 3. The van der Waals surface area contributed by atoms with E-state index < -0.39 is 17.1 Å². The first-order valence-corrected chi connectivity index (χ1v) is 8.62. The summed E-state index contributed by atoms with van der Waals surface area (Å²) < 4.78 is 0. The largest absolute Gasteiger partial charge is 0.294 e. The third-order valence-electron chi connectivity index (χ3n) is 3.33. The quantitative estimate of drug-likeness (QED) is 0.444. The second-order valence-corrected chi connectivity index (χ2v) is 6.26. The lowest BCUT2D eigenvalue weighted by Crippen LogP contribution is -2.39. The van der Waals surface area contributed by atoms with Gasteiger partial charge in [0.25, 0.3) is 17.1 Å². The fourth-order valence-corrected chi connectivity index (χ4v) is 2.91. The Morgan fingerprint density at radius 1 is 1.29 bits per heavy atom. The molecule has 2 rings (SSSR count). The molecule has 0 bridgehead atoms. The Kier molecular flexibility index (Phi) is 7.02. The smallest absolute Gasteiger partial charge is 0.271 e. The molecule has 7 heteroatoms. The Hall–Kier alpha value is -2.12. The van der Waals surface area contributed by atoms with E-state index in [2.05, 4.69) is 12.4 Å². The molecule has 1 heterocycles. The molecule has 0 spiro atoms. The van der Waals surface area contributed by atoms with Gasteiger partial charge in [-0.3, -0.25) is 24.1 Å². The molecule has 1 aromatic carbocycles. The first kappa shape index (κ1) is 18.2. The fourth-order valence-electron chi connectivity index (χ4n) is 2.06. The second-order valence-electron chi connectivity index (χ2n) is 5.27. The van der Waals surface area contributed by atoms with Crippen molar-refractivity contribution >= 4 is 28.8 Å². The van der Waals surface area contributed by atoms with E-state index in [9.17, 15) is 14.4 Å². The summed E-state index contributed by atoms with van der Waals surface area (Å²) in [7, 11) is 0. The van der Waals surface area contributed by atoms with E-state index in [0.717, 1.165) is 41.5 Å². The van der Waals surface area contributed by atoms with Crippen molar-refractivity contribution in [2.24, 2.45) is 0 Å². The first-order valence-electron chi connectivity index (χ1n) is 7.80. The summed E-state index contributed by atoms with van der Waals surface area (Å²) in [6.07, 6.45) is 4.48. The highest BCUT2D eigenvalue weighted by Crippen LogP contribution is 2.30. The van der Waals surface area contributed by atoms with Crippen molar-refractivity contribution in [2.45, 2.75) is 32.8 Å². The lowest BCUT2D eigenvalue weighted by Gasteiger charge is -2.12. The summed E-state index contributed by atoms with van der Waals surface area (Å²) in [6, 6.07) is 9.35. The SMILES string of the molecule is CCCC/C=C1\SC(=O)N(CC(=O)NOCc2ccccc2)C1=O. The van der Waals surface area contributed by atoms with E-state index in [0.29, 0.717) is 4.91 Å². The van der Waals surface area contributed by atoms with E-state index in [1.54, 1.807) is 6.08 Å². The van der Waals surface area contributed by atoms with Crippen LogP contribution in [0.15, 0.2) is 41.3 Å². The molecule has 3 amide bonds. The molecule has 0 aliphatic carbocycles. The topological polar surface area (TPSA) is 75.7 Å². The summed E-state index contributed by atoms with van der Waals surface area (Å²) in [6.45, 7) is 1.93. The number of nitrogens with one attached hydrogen (secondary N) is 1. The van der Waals surface area contributed by atoms with Gasteiger partial charge in [0, 0.05) is 0 Å². The number of hydrogen-bond acceptors (Lipinski definition) is 5. The molecule has 24 heavy (non-hydrogen) atoms. The normalized spacial score (nSPS) is 16.0. The minimum Gasteiger partial charge on any atom is -0.271 e. The molecule has 0 aromatic heterocycles. The van der Waals surface area contributed by atoms with E-state index in [-0.39, 0.29) is 13.2 Å². The Labute approximate surface area is 145 Å². The molecule has 1 N–H and O–H groups in total. The number of allylic oxidation sites excluding steroid dienone is 1. The Balaban J connectivity index is 1.79. The summed E-state index contributed by atoms with van der Waals surface area (Å²) in [5, 5.41) is -0.430. The van der Waals surface area contributed by atoms with Crippen molar-refractivity contribution in [3.63, 3.8) is 0 Å². The molecular formula is C17H20N2O4S. The van der Waals surface area contributed by atoms with Gasteiger partial charge in [-0.2, -0.15) is 0 Å². The number of rotatable bonds is 8. The van der Waals surface area contributed by atoms with Crippen LogP contribution < -0.4 is 5.48 Å². The van der Waals surface area contributed by atoms with Gasteiger partial charge < -0.3 is 0 Å². The van der Waals surface area contributed by atoms with Crippen LogP contribution in [0.25, 0.3) is 0 Å². The first-order chi connectivity index (χ1) is 11.6. The van der Waals surface area contributed by atoms with E-state index in [4.69, 9.17) is 4.84 Å². The summed E-state index contributed by atoms with van der Waals surface area (Å²) in [5.41, 5.74) is 3.16. The predicted molar refractivity (Wildman–Crippen MR) is 91.7 cm³/mol. The van der Waals surface area contributed by atoms with Gasteiger partial charge in [0.1, 0.15) is 6.54 Å². The summed E-state index contributed by atoms with van der Waals surface area (Å²) >= 11 is 0.873. The minimum atomic E-state index is -0.539. The van der Waals surface area contributed by atoms with Crippen LogP contribution in [0, 0.1) is 0 Å². The highest BCUT2D eigenvalue weighted by molar-refractivity contribution is 8.18. The number of carbonyl (C=O) groups excluding carboxylic acids is 3. The number of imide groups is 1. The molecule has 1 aromatic rings. The highest BCUT2D eigenvalue weighted by atomic mass is 32.2. The Bertz CT molecular complexity index is 631. The molecule has 1 aliphatic rings. The zero-order valence-electron chi connectivity index (χ0n) is 13.5. The molecule has 1 saturated heterocycles. The van der Waals surface area contributed by atoms with Gasteiger partial charge in [0.05, 0.1) is 11.5 Å². The highest BCUT2D eigenvalue weighted by Gasteiger charge is 2.36. The van der Waals surface area contributed by atoms with Crippen molar-refractivity contribution in [2.75, 3.05) is 6.54 Å². The summed E-state index contributed by atoms with van der Waals surface area (Å²) in [5.74, 6) is -0.956. The van der Waals surface area contributed by atoms with E-state index in [1.165, 1.54) is 0 Å². The van der Waals surface area contributed by atoms with Crippen LogP contribution in [0.3, 0.4) is 0 Å². The molecular weight excluding hydrogens is 328 g/mol. The lowest BCUT2D eigenvalue weighted by molar-refractivity contribution is -0.138. The standard InChI is InChI=1S/C17H20N2O4S/c1-2-3-5-10-14-16(21)19(17(22)24-14)11-15(20)18-23-12-13-8-6-4-7-9-13/h4,6-10H,2-3,5,11-12H2,1H3,(H,18,20)/b14-10-. The van der Waals surface area contributed by atoms with Crippen molar-refractivity contribution in [3.05, 3.63) is 46.9 Å². The number of nitrogens with zero attached hydrogens (tertiary/aromatic N) is 1. The third kappa shape index (κ3) is 5.21. The van der Waals surface area contributed by atoms with Crippen LogP contribution in [0.1, 0.15) is 31.7 Å². The maximum Gasteiger partial charge on any atom is 0.294 e. The molecule has 0 atom stereocenters. The number of unbranched alkanes of at least 4 members (excludes halogenated alkanes) is 2. The zero-order chi connectivity index (χ0) is 17.4. The van der Waals surface area contributed by atoms with Crippen LogP contribution in [-0.4, -0.2) is 28.5 Å². The average molecular weight is 348 g/mol. The van der Waals surface area contributed by atoms with Crippen molar-refractivity contribution < 1.29 is 19.2 Å². The van der Waals surface area contributed by atoms with Gasteiger partial charge in [-0.05, 0) is 23.7 Å². The van der Waals surface area contributed by atoms with Gasteiger partial charge in [-0.15, -0.1) is 0 Å². The van der Waals surface area contributed by atoms with Gasteiger partial charge in [0.15, 0.2) is 0 Å². The number of hydroxylamine groups is 1. The molecule has 1 aliphatic heterocycles. The maximum absolute atomic E-state index is 12.1. The van der Waals surface area contributed by atoms with Gasteiger partial charge in [-0.25, -0.2) is 5.48 Å². The Morgan fingerprint density at radius 3 is 2.75 bits per heavy atom. The fraction of sp³-hybridized carbons (Fsp3) is 0.353. The average Bonchev–Trinajstić information content (AvgIpc) is 2.84. The van der Waals surface area contributed by atoms with Crippen molar-refractivity contribution in [3.8, 4) is 0 Å². The number of benzene rings is 1. The van der Waals surface area contributed by atoms with Crippen LogP contribution in [0.4, 0.5) is 4.79 Å². The number of hydrogen-bond donors (Lipinski definition) is 1. The van der Waals surface area contributed by atoms with Gasteiger partial charge in [0.2, 0.25) is 0 Å². The molecule has 6 nitrogen and oxygen atoms in total.